The Balaban J connectivity index is 1.96. The van der Waals surface area contributed by atoms with Gasteiger partial charge >= 0.3 is 5.51 Å². The Kier molecular flexibility index (Phi) is 4.15. The molecule has 132 valence electrons. The van der Waals surface area contributed by atoms with Crippen molar-refractivity contribution in [3.63, 3.8) is 0 Å². The van der Waals surface area contributed by atoms with Crippen molar-refractivity contribution in [1.29, 1.82) is 0 Å². The van der Waals surface area contributed by atoms with E-state index in [1.807, 2.05) is 0 Å². The largest absolute Gasteiger partial charge is 0.501 e. The van der Waals surface area contributed by atoms with Crippen LogP contribution in [-0.2, 0) is 16.4 Å². The Morgan fingerprint density at radius 1 is 1.08 bits per heavy atom. The molecule has 1 heterocycles. The summed E-state index contributed by atoms with van der Waals surface area (Å²) in [6.07, 6.45) is 1.23. The maximum absolute atomic E-state index is 12.9. The van der Waals surface area contributed by atoms with E-state index >= 15 is 0 Å². The molecule has 3 aromatic rings. The molecule has 0 saturated heterocycles. The molecule has 0 fully saturated rings. The molecule has 0 spiro atoms. The van der Waals surface area contributed by atoms with Crippen molar-refractivity contribution >= 4 is 26.4 Å². The SMILES string of the molecule is O=S(=O)(c1ccc(NCc2ccc(F)cc2)c2cn[nH]c12)C(F)(F)F. The Hall–Kier alpha value is -2.62. The summed E-state index contributed by atoms with van der Waals surface area (Å²) in [4.78, 5) is -0.889. The van der Waals surface area contributed by atoms with Gasteiger partial charge in [0.05, 0.1) is 11.7 Å². The maximum Gasteiger partial charge on any atom is 0.501 e. The molecule has 2 aromatic carbocycles. The number of benzene rings is 2. The third kappa shape index (κ3) is 3.16. The molecule has 0 bridgehead atoms. The minimum Gasteiger partial charge on any atom is -0.380 e. The van der Waals surface area contributed by atoms with E-state index in [1.54, 1.807) is 12.1 Å². The number of aromatic nitrogens is 2. The van der Waals surface area contributed by atoms with Crippen molar-refractivity contribution in [1.82, 2.24) is 10.2 Å². The van der Waals surface area contributed by atoms with Gasteiger partial charge in [-0.05, 0) is 29.8 Å². The van der Waals surface area contributed by atoms with Crippen molar-refractivity contribution in [3.8, 4) is 0 Å². The average molecular weight is 373 g/mol. The highest BCUT2D eigenvalue weighted by Crippen LogP contribution is 2.35. The first kappa shape index (κ1) is 17.2. The minimum absolute atomic E-state index is 0.201. The van der Waals surface area contributed by atoms with Gasteiger partial charge in [-0.3, -0.25) is 5.10 Å². The summed E-state index contributed by atoms with van der Waals surface area (Å²) in [7, 11) is -5.50. The second-order valence-electron chi connectivity index (χ2n) is 5.20. The lowest BCUT2D eigenvalue weighted by atomic mass is 10.2. The molecule has 0 aliphatic heterocycles. The Labute approximate surface area is 139 Å². The minimum atomic E-state index is -5.50. The zero-order valence-corrected chi connectivity index (χ0v) is 13.2. The van der Waals surface area contributed by atoms with E-state index < -0.39 is 20.2 Å². The molecule has 0 unspecified atom stereocenters. The quantitative estimate of drug-likeness (QED) is 0.685. The highest BCUT2D eigenvalue weighted by molar-refractivity contribution is 7.92. The molecule has 3 rings (SSSR count). The number of aromatic amines is 1. The third-order valence-corrected chi connectivity index (χ3v) is 5.10. The number of hydrogen-bond donors (Lipinski definition) is 2. The van der Waals surface area contributed by atoms with Crippen LogP contribution in [0.3, 0.4) is 0 Å². The van der Waals surface area contributed by atoms with E-state index in [0.29, 0.717) is 5.69 Å². The summed E-state index contributed by atoms with van der Waals surface area (Å²) in [5.41, 5.74) is -4.51. The number of H-pyrrole nitrogens is 1. The lowest BCUT2D eigenvalue weighted by Crippen LogP contribution is -2.23. The molecule has 0 aliphatic rings. The number of hydrogen-bond acceptors (Lipinski definition) is 4. The lowest BCUT2D eigenvalue weighted by molar-refractivity contribution is -0.0435. The number of nitrogens with zero attached hydrogens (tertiary/aromatic N) is 1. The number of alkyl halides is 3. The second kappa shape index (κ2) is 6.03. The predicted octanol–water partition coefficient (Wildman–Crippen LogP) is 3.61. The Morgan fingerprint density at radius 2 is 1.76 bits per heavy atom. The molecule has 25 heavy (non-hydrogen) atoms. The zero-order chi connectivity index (χ0) is 18.2. The first-order valence-electron chi connectivity index (χ1n) is 6.96. The summed E-state index contributed by atoms with van der Waals surface area (Å²) in [5, 5.41) is 9.10. The van der Waals surface area contributed by atoms with Gasteiger partial charge in [0.2, 0.25) is 0 Å². The molecule has 10 heteroatoms. The third-order valence-electron chi connectivity index (χ3n) is 3.57. The van der Waals surface area contributed by atoms with Crippen LogP contribution in [0.2, 0.25) is 0 Å². The number of fused-ring (bicyclic) bond motifs is 1. The van der Waals surface area contributed by atoms with Gasteiger partial charge in [-0.2, -0.15) is 18.3 Å². The summed E-state index contributed by atoms with van der Waals surface area (Å²) in [5.74, 6) is -0.386. The molecule has 1 aromatic heterocycles. The topological polar surface area (TPSA) is 74.8 Å². The van der Waals surface area contributed by atoms with Gasteiger partial charge in [0, 0.05) is 17.6 Å². The second-order valence-corrected chi connectivity index (χ2v) is 7.11. The van der Waals surface area contributed by atoms with Crippen LogP contribution in [0.15, 0.2) is 47.5 Å². The molecule has 0 radical (unpaired) electrons. The summed E-state index contributed by atoms with van der Waals surface area (Å²) in [6, 6.07) is 7.78. The molecule has 5 nitrogen and oxygen atoms in total. The number of nitrogens with one attached hydrogen (secondary N) is 2. The monoisotopic (exact) mass is 373 g/mol. The Morgan fingerprint density at radius 3 is 2.40 bits per heavy atom. The lowest BCUT2D eigenvalue weighted by Gasteiger charge is -2.12. The normalized spacial score (nSPS) is 12.5. The first-order valence-corrected chi connectivity index (χ1v) is 8.44. The average Bonchev–Trinajstić information content (AvgIpc) is 3.02. The van der Waals surface area contributed by atoms with E-state index in [-0.39, 0.29) is 23.3 Å². The van der Waals surface area contributed by atoms with Crippen molar-refractivity contribution in [2.24, 2.45) is 0 Å². The van der Waals surface area contributed by atoms with Crippen molar-refractivity contribution in [2.45, 2.75) is 16.9 Å². The highest BCUT2D eigenvalue weighted by atomic mass is 32.2. The highest BCUT2D eigenvalue weighted by Gasteiger charge is 2.48. The van der Waals surface area contributed by atoms with Crippen LogP contribution >= 0.6 is 0 Å². The molecule has 0 saturated carbocycles. The predicted molar refractivity (Wildman–Crippen MR) is 83.1 cm³/mol. The van der Waals surface area contributed by atoms with E-state index in [4.69, 9.17) is 0 Å². The van der Waals surface area contributed by atoms with Crippen molar-refractivity contribution in [3.05, 3.63) is 54.0 Å². The van der Waals surface area contributed by atoms with E-state index in [1.165, 1.54) is 24.4 Å². The number of anilines is 1. The van der Waals surface area contributed by atoms with Crippen molar-refractivity contribution in [2.75, 3.05) is 5.32 Å². The smallest absolute Gasteiger partial charge is 0.380 e. The first-order chi connectivity index (χ1) is 11.7. The number of sulfone groups is 1. The number of rotatable bonds is 4. The fourth-order valence-corrected chi connectivity index (χ4v) is 3.23. The van der Waals surface area contributed by atoms with Gasteiger partial charge in [0.15, 0.2) is 0 Å². The summed E-state index contributed by atoms with van der Waals surface area (Å²) in [6.45, 7) is 0.270. The Bertz CT molecular complexity index is 1010. The van der Waals surface area contributed by atoms with Crippen LogP contribution in [0.5, 0.6) is 0 Å². The standard InChI is InChI=1S/C15H11F4N3O2S/c16-10-3-1-9(2-4-10)7-20-12-5-6-13(14-11(12)8-21-22-14)25(23,24)15(17,18)19/h1-6,8,20H,7H2,(H,21,22). The van der Waals surface area contributed by atoms with E-state index in [2.05, 4.69) is 15.5 Å². The molecule has 0 aliphatic carbocycles. The summed E-state index contributed by atoms with van der Waals surface area (Å²) >= 11 is 0. The van der Waals surface area contributed by atoms with Gasteiger partial charge in [0.1, 0.15) is 10.7 Å². The fraction of sp³-hybridized carbons (Fsp3) is 0.133. The van der Waals surface area contributed by atoms with Crippen LogP contribution < -0.4 is 5.32 Å². The fourth-order valence-electron chi connectivity index (χ4n) is 2.31. The molecule has 2 N–H and O–H groups in total. The zero-order valence-electron chi connectivity index (χ0n) is 12.4. The number of halogens is 4. The van der Waals surface area contributed by atoms with Crippen LogP contribution in [-0.4, -0.2) is 24.1 Å². The van der Waals surface area contributed by atoms with Gasteiger partial charge in [-0.15, -0.1) is 0 Å². The maximum atomic E-state index is 12.9. The van der Waals surface area contributed by atoms with Crippen LogP contribution in [0, 0.1) is 5.82 Å². The van der Waals surface area contributed by atoms with Gasteiger partial charge < -0.3 is 5.32 Å². The van der Waals surface area contributed by atoms with Gasteiger partial charge in [0.25, 0.3) is 9.84 Å². The van der Waals surface area contributed by atoms with Gasteiger partial charge in [-0.25, -0.2) is 12.8 Å². The molecule has 0 amide bonds. The van der Waals surface area contributed by atoms with Crippen molar-refractivity contribution < 1.29 is 26.0 Å². The molecular weight excluding hydrogens is 362 g/mol. The van der Waals surface area contributed by atoms with E-state index in [0.717, 1.165) is 11.6 Å². The van der Waals surface area contributed by atoms with E-state index in [9.17, 15) is 26.0 Å². The molecular formula is C15H11F4N3O2S. The molecule has 0 atom stereocenters. The van der Waals surface area contributed by atoms with Gasteiger partial charge in [-0.1, -0.05) is 12.1 Å². The van der Waals surface area contributed by atoms with Crippen LogP contribution in [0.1, 0.15) is 5.56 Å². The summed E-state index contributed by atoms with van der Waals surface area (Å²) < 4.78 is 74.6. The van der Waals surface area contributed by atoms with Crippen LogP contribution in [0.25, 0.3) is 10.9 Å². The van der Waals surface area contributed by atoms with Crippen LogP contribution in [0.4, 0.5) is 23.2 Å².